The highest BCUT2D eigenvalue weighted by molar-refractivity contribution is 5.96. The molecule has 1 aliphatic rings. The van der Waals surface area contributed by atoms with Crippen LogP contribution < -0.4 is 0 Å². The van der Waals surface area contributed by atoms with E-state index in [0.29, 0.717) is 0 Å². The summed E-state index contributed by atoms with van der Waals surface area (Å²) in [6.45, 7) is 0. The second-order valence-electron chi connectivity index (χ2n) is 4.03. The van der Waals surface area contributed by atoms with Gasteiger partial charge in [0.1, 0.15) is 5.69 Å². The summed E-state index contributed by atoms with van der Waals surface area (Å²) in [5, 5.41) is 0. The summed E-state index contributed by atoms with van der Waals surface area (Å²) in [7, 11) is 0. The van der Waals surface area contributed by atoms with Gasteiger partial charge in [-0.2, -0.15) is 0 Å². The van der Waals surface area contributed by atoms with E-state index < -0.39 is 5.82 Å². The van der Waals surface area contributed by atoms with Gasteiger partial charge >= 0.3 is 0 Å². The van der Waals surface area contributed by atoms with Crippen LogP contribution in [0.3, 0.4) is 0 Å². The molecule has 0 spiro atoms. The van der Waals surface area contributed by atoms with Gasteiger partial charge < -0.3 is 0 Å². The van der Waals surface area contributed by atoms with Gasteiger partial charge in [0, 0.05) is 12.1 Å². The molecular formula is C12H14FNO. The van der Waals surface area contributed by atoms with Crippen molar-refractivity contribution in [1.82, 2.24) is 4.98 Å². The predicted molar refractivity (Wildman–Crippen MR) is 55.1 cm³/mol. The quantitative estimate of drug-likeness (QED) is 0.698. The molecule has 1 aromatic rings. The Morgan fingerprint density at radius 2 is 2.07 bits per heavy atom. The summed E-state index contributed by atoms with van der Waals surface area (Å²) in [5.41, 5.74) is 0.0180. The zero-order valence-electron chi connectivity index (χ0n) is 8.58. The zero-order chi connectivity index (χ0) is 10.7. The maximum absolute atomic E-state index is 13.3. The third-order valence-corrected chi connectivity index (χ3v) is 2.97. The van der Waals surface area contributed by atoms with Crippen molar-refractivity contribution in [2.24, 2.45) is 5.92 Å². The Kier molecular flexibility index (Phi) is 3.09. The molecule has 15 heavy (non-hydrogen) atoms. The van der Waals surface area contributed by atoms with E-state index in [-0.39, 0.29) is 17.4 Å². The first kappa shape index (κ1) is 10.3. The molecule has 0 unspecified atom stereocenters. The van der Waals surface area contributed by atoms with Gasteiger partial charge in [0.2, 0.25) is 0 Å². The molecule has 1 aromatic heterocycles. The number of Topliss-reactive ketones (excluding diaryl/α,β-unsaturated/α-hetero) is 1. The average molecular weight is 207 g/mol. The Morgan fingerprint density at radius 3 is 2.73 bits per heavy atom. The van der Waals surface area contributed by atoms with Crippen LogP contribution in [0, 0.1) is 11.7 Å². The topological polar surface area (TPSA) is 30.0 Å². The Labute approximate surface area is 88.5 Å². The fourth-order valence-corrected chi connectivity index (χ4v) is 2.13. The number of rotatable bonds is 2. The van der Waals surface area contributed by atoms with Crippen LogP contribution in [-0.2, 0) is 0 Å². The number of hydrogen-bond donors (Lipinski definition) is 0. The van der Waals surface area contributed by atoms with Gasteiger partial charge in [-0.1, -0.05) is 19.3 Å². The molecule has 0 aromatic carbocycles. The van der Waals surface area contributed by atoms with Crippen LogP contribution >= 0.6 is 0 Å². The molecule has 2 rings (SSSR count). The summed E-state index contributed by atoms with van der Waals surface area (Å²) in [5.74, 6) is -0.621. The molecule has 0 bridgehead atoms. The molecule has 2 nitrogen and oxygen atoms in total. The number of hydrogen-bond acceptors (Lipinski definition) is 2. The molecule has 0 amide bonds. The number of pyridine rings is 1. The van der Waals surface area contributed by atoms with E-state index >= 15 is 0 Å². The zero-order valence-corrected chi connectivity index (χ0v) is 8.58. The van der Waals surface area contributed by atoms with Crippen molar-refractivity contribution in [3.63, 3.8) is 0 Å². The van der Waals surface area contributed by atoms with Crippen LogP contribution in [0.1, 0.15) is 42.6 Å². The highest BCUT2D eigenvalue weighted by atomic mass is 19.1. The largest absolute Gasteiger partial charge is 0.292 e. The lowest BCUT2D eigenvalue weighted by Gasteiger charge is -2.19. The van der Waals surface area contributed by atoms with Crippen LogP contribution in [0.2, 0.25) is 0 Å². The molecular weight excluding hydrogens is 193 g/mol. The lowest BCUT2D eigenvalue weighted by Crippen LogP contribution is -2.20. The molecule has 0 saturated heterocycles. The molecule has 0 aliphatic heterocycles. The average Bonchev–Trinajstić information content (AvgIpc) is 2.30. The normalized spacial score (nSPS) is 17.7. The van der Waals surface area contributed by atoms with E-state index in [1.165, 1.54) is 24.8 Å². The minimum Gasteiger partial charge on any atom is -0.292 e. The Balaban J connectivity index is 2.16. The summed E-state index contributed by atoms with van der Waals surface area (Å²) < 4.78 is 13.3. The summed E-state index contributed by atoms with van der Waals surface area (Å²) in [6.07, 6.45) is 6.58. The SMILES string of the molecule is O=C(c1ncccc1F)C1CCCCC1. The number of halogens is 1. The predicted octanol–water partition coefficient (Wildman–Crippen LogP) is 2.98. The fraction of sp³-hybridized carbons (Fsp3) is 0.500. The molecule has 80 valence electrons. The van der Waals surface area contributed by atoms with Crippen molar-refractivity contribution < 1.29 is 9.18 Å². The first-order chi connectivity index (χ1) is 7.29. The second kappa shape index (κ2) is 4.51. The van der Waals surface area contributed by atoms with Crippen molar-refractivity contribution in [3.8, 4) is 0 Å². The highest BCUT2D eigenvalue weighted by Gasteiger charge is 2.25. The molecule has 1 saturated carbocycles. The first-order valence-corrected chi connectivity index (χ1v) is 5.44. The van der Waals surface area contributed by atoms with Crippen LogP contribution in [0.5, 0.6) is 0 Å². The lowest BCUT2D eigenvalue weighted by atomic mass is 9.85. The molecule has 1 heterocycles. The van der Waals surface area contributed by atoms with Gasteiger partial charge in [-0.05, 0) is 25.0 Å². The number of carbonyl (C=O) groups excluding carboxylic acids is 1. The molecule has 0 N–H and O–H groups in total. The van der Waals surface area contributed by atoms with Gasteiger partial charge in [-0.15, -0.1) is 0 Å². The number of aromatic nitrogens is 1. The van der Waals surface area contributed by atoms with Crippen LogP contribution in [0.15, 0.2) is 18.3 Å². The maximum Gasteiger partial charge on any atom is 0.187 e. The van der Waals surface area contributed by atoms with Crippen molar-refractivity contribution in [2.75, 3.05) is 0 Å². The molecule has 3 heteroatoms. The van der Waals surface area contributed by atoms with Gasteiger partial charge in [0.25, 0.3) is 0 Å². The van der Waals surface area contributed by atoms with E-state index in [1.807, 2.05) is 0 Å². The number of carbonyl (C=O) groups is 1. The van der Waals surface area contributed by atoms with Crippen LogP contribution in [0.25, 0.3) is 0 Å². The summed E-state index contributed by atoms with van der Waals surface area (Å²) in [4.78, 5) is 15.7. The molecule has 0 radical (unpaired) electrons. The first-order valence-electron chi connectivity index (χ1n) is 5.44. The highest BCUT2D eigenvalue weighted by Crippen LogP contribution is 2.26. The Hall–Kier alpha value is -1.25. The monoisotopic (exact) mass is 207 g/mol. The van der Waals surface area contributed by atoms with Gasteiger partial charge in [-0.25, -0.2) is 4.39 Å². The van der Waals surface area contributed by atoms with Gasteiger partial charge in [0.05, 0.1) is 0 Å². The fourth-order valence-electron chi connectivity index (χ4n) is 2.13. The third-order valence-electron chi connectivity index (χ3n) is 2.97. The Morgan fingerprint density at radius 1 is 1.33 bits per heavy atom. The minimum absolute atomic E-state index is 0.0110. The maximum atomic E-state index is 13.3. The van der Waals surface area contributed by atoms with Gasteiger partial charge in [-0.3, -0.25) is 9.78 Å². The van der Waals surface area contributed by atoms with E-state index in [4.69, 9.17) is 0 Å². The van der Waals surface area contributed by atoms with Crippen molar-refractivity contribution in [3.05, 3.63) is 29.8 Å². The van der Waals surface area contributed by atoms with Crippen molar-refractivity contribution >= 4 is 5.78 Å². The van der Waals surface area contributed by atoms with E-state index in [0.717, 1.165) is 25.7 Å². The van der Waals surface area contributed by atoms with Crippen molar-refractivity contribution in [1.29, 1.82) is 0 Å². The number of nitrogens with zero attached hydrogens (tertiary/aromatic N) is 1. The minimum atomic E-state index is -0.493. The van der Waals surface area contributed by atoms with Crippen molar-refractivity contribution in [2.45, 2.75) is 32.1 Å². The third kappa shape index (κ3) is 2.22. The second-order valence-corrected chi connectivity index (χ2v) is 4.03. The van der Waals surface area contributed by atoms with Crippen LogP contribution in [-0.4, -0.2) is 10.8 Å². The van der Waals surface area contributed by atoms with Crippen LogP contribution in [0.4, 0.5) is 4.39 Å². The summed E-state index contributed by atoms with van der Waals surface area (Å²) >= 11 is 0. The standard InChI is InChI=1S/C12H14FNO/c13-10-7-4-8-14-11(10)12(15)9-5-2-1-3-6-9/h4,7-9H,1-3,5-6H2. The van der Waals surface area contributed by atoms with E-state index in [1.54, 1.807) is 0 Å². The summed E-state index contributed by atoms with van der Waals surface area (Å²) in [6, 6.07) is 2.80. The Bertz CT molecular complexity index is 358. The number of ketones is 1. The lowest BCUT2D eigenvalue weighted by molar-refractivity contribution is 0.0879. The molecule has 0 atom stereocenters. The van der Waals surface area contributed by atoms with Gasteiger partial charge in [0.15, 0.2) is 11.6 Å². The van der Waals surface area contributed by atoms with E-state index in [9.17, 15) is 9.18 Å². The smallest absolute Gasteiger partial charge is 0.187 e. The molecule has 1 fully saturated rings. The molecule has 1 aliphatic carbocycles. The van der Waals surface area contributed by atoms with E-state index in [2.05, 4.69) is 4.98 Å².